The first-order valence-corrected chi connectivity index (χ1v) is 6.78. The Labute approximate surface area is 85.8 Å². The number of halogens is 1. The van der Waals surface area contributed by atoms with E-state index in [1.54, 1.807) is 19.1 Å². The molecule has 0 aromatic carbocycles. The molecule has 0 saturated heterocycles. The minimum atomic E-state index is -3.00. The van der Waals surface area contributed by atoms with Crippen LogP contribution in [0.5, 0.6) is 0 Å². The standard InChI is InChI=1S/C8H11BrNO2P/c1-2-13(11,12)6-7-4-3-5-8(9)10-7/h3-5H,2,6H2,1H3,(H,11,12). The molecule has 0 aliphatic heterocycles. The third-order valence-corrected chi connectivity index (χ3v) is 3.92. The van der Waals surface area contributed by atoms with Crippen LogP contribution in [0.1, 0.15) is 12.6 Å². The van der Waals surface area contributed by atoms with Gasteiger partial charge in [-0.15, -0.1) is 0 Å². The summed E-state index contributed by atoms with van der Waals surface area (Å²) >= 11 is 3.21. The monoisotopic (exact) mass is 263 g/mol. The summed E-state index contributed by atoms with van der Waals surface area (Å²) in [5.41, 5.74) is 0.655. The molecular weight excluding hydrogens is 253 g/mol. The molecule has 0 aliphatic carbocycles. The van der Waals surface area contributed by atoms with Gasteiger partial charge >= 0.3 is 0 Å². The van der Waals surface area contributed by atoms with Gasteiger partial charge < -0.3 is 4.89 Å². The Hall–Kier alpha value is -0.180. The highest BCUT2D eigenvalue weighted by atomic mass is 79.9. The Morgan fingerprint density at radius 3 is 2.85 bits per heavy atom. The average Bonchev–Trinajstić information content (AvgIpc) is 2.03. The van der Waals surface area contributed by atoms with Crippen molar-refractivity contribution in [2.45, 2.75) is 13.1 Å². The van der Waals surface area contributed by atoms with Crippen molar-refractivity contribution in [3.05, 3.63) is 28.5 Å². The predicted octanol–water partition coefficient (Wildman–Crippen LogP) is 2.63. The number of hydrogen-bond donors (Lipinski definition) is 1. The first kappa shape index (κ1) is 10.9. The minimum Gasteiger partial charge on any atom is -0.344 e. The fraction of sp³-hybridized carbons (Fsp3) is 0.375. The lowest BCUT2D eigenvalue weighted by Crippen LogP contribution is -1.93. The SMILES string of the molecule is CCP(=O)(O)Cc1cccc(Br)n1. The number of hydrogen-bond acceptors (Lipinski definition) is 2. The Bertz CT molecular complexity index is 343. The molecule has 3 nitrogen and oxygen atoms in total. The highest BCUT2D eigenvalue weighted by molar-refractivity contribution is 9.10. The van der Waals surface area contributed by atoms with E-state index >= 15 is 0 Å². The van der Waals surface area contributed by atoms with Gasteiger partial charge in [-0.1, -0.05) is 13.0 Å². The van der Waals surface area contributed by atoms with Gasteiger partial charge in [-0.25, -0.2) is 4.98 Å². The molecule has 0 amide bonds. The van der Waals surface area contributed by atoms with E-state index in [1.807, 2.05) is 6.07 Å². The van der Waals surface area contributed by atoms with E-state index in [2.05, 4.69) is 20.9 Å². The molecule has 1 aromatic rings. The van der Waals surface area contributed by atoms with E-state index in [-0.39, 0.29) is 6.16 Å². The lowest BCUT2D eigenvalue weighted by Gasteiger charge is -2.07. The lowest BCUT2D eigenvalue weighted by atomic mass is 10.4. The third-order valence-electron chi connectivity index (χ3n) is 1.68. The van der Waals surface area contributed by atoms with Crippen LogP contribution in [0.15, 0.2) is 22.8 Å². The number of pyridine rings is 1. The van der Waals surface area contributed by atoms with E-state index in [0.717, 1.165) is 0 Å². The molecule has 1 atom stereocenters. The van der Waals surface area contributed by atoms with Gasteiger partial charge in [-0.05, 0) is 28.1 Å². The molecular formula is C8H11BrNO2P. The smallest absolute Gasteiger partial charge is 0.206 e. The molecule has 5 heteroatoms. The maximum atomic E-state index is 11.4. The van der Waals surface area contributed by atoms with E-state index in [4.69, 9.17) is 0 Å². The van der Waals surface area contributed by atoms with E-state index < -0.39 is 7.37 Å². The maximum Gasteiger partial charge on any atom is 0.206 e. The molecule has 1 N–H and O–H groups in total. The Morgan fingerprint density at radius 1 is 1.62 bits per heavy atom. The molecule has 1 heterocycles. The van der Waals surface area contributed by atoms with Crippen molar-refractivity contribution in [2.75, 3.05) is 6.16 Å². The summed E-state index contributed by atoms with van der Waals surface area (Å²) in [6.45, 7) is 1.71. The van der Waals surface area contributed by atoms with Crippen molar-refractivity contribution in [2.24, 2.45) is 0 Å². The second kappa shape index (κ2) is 4.36. The molecule has 0 saturated carbocycles. The van der Waals surface area contributed by atoms with Crippen LogP contribution in [0.3, 0.4) is 0 Å². The van der Waals surface area contributed by atoms with E-state index in [1.165, 1.54) is 0 Å². The van der Waals surface area contributed by atoms with E-state index in [0.29, 0.717) is 16.5 Å². The molecule has 1 rings (SSSR count). The molecule has 0 fully saturated rings. The molecule has 0 spiro atoms. The zero-order valence-electron chi connectivity index (χ0n) is 7.27. The fourth-order valence-corrected chi connectivity index (χ4v) is 2.19. The van der Waals surface area contributed by atoms with Gasteiger partial charge in [0.25, 0.3) is 0 Å². The topological polar surface area (TPSA) is 50.2 Å². The highest BCUT2D eigenvalue weighted by Crippen LogP contribution is 2.43. The third kappa shape index (κ3) is 3.59. The van der Waals surface area contributed by atoms with Crippen LogP contribution in [0.25, 0.3) is 0 Å². The molecule has 0 aliphatic rings. The van der Waals surface area contributed by atoms with Crippen molar-refractivity contribution >= 4 is 23.3 Å². The molecule has 0 bridgehead atoms. The van der Waals surface area contributed by atoms with Gasteiger partial charge in [0, 0.05) is 6.16 Å². The van der Waals surface area contributed by atoms with Crippen LogP contribution in [0, 0.1) is 0 Å². The first-order valence-electron chi connectivity index (χ1n) is 3.96. The van der Waals surface area contributed by atoms with Gasteiger partial charge in [0.05, 0.1) is 11.9 Å². The number of aromatic nitrogens is 1. The fourth-order valence-electron chi connectivity index (χ4n) is 0.903. The summed E-state index contributed by atoms with van der Waals surface area (Å²) in [5, 5.41) is 0. The Balaban J connectivity index is 2.81. The summed E-state index contributed by atoms with van der Waals surface area (Å²) in [4.78, 5) is 13.5. The highest BCUT2D eigenvalue weighted by Gasteiger charge is 2.16. The normalized spacial score (nSPS) is 15.3. The van der Waals surface area contributed by atoms with Crippen molar-refractivity contribution in [1.29, 1.82) is 0 Å². The summed E-state index contributed by atoms with van der Waals surface area (Å²) < 4.78 is 12.1. The largest absolute Gasteiger partial charge is 0.344 e. The number of nitrogens with zero attached hydrogens (tertiary/aromatic N) is 1. The van der Waals surface area contributed by atoms with Crippen LogP contribution >= 0.6 is 23.3 Å². The van der Waals surface area contributed by atoms with Gasteiger partial charge in [-0.2, -0.15) is 0 Å². The molecule has 1 unspecified atom stereocenters. The number of rotatable bonds is 3. The first-order chi connectivity index (χ1) is 6.03. The van der Waals surface area contributed by atoms with Crippen molar-refractivity contribution in [1.82, 2.24) is 4.98 Å². The van der Waals surface area contributed by atoms with Crippen molar-refractivity contribution in [3.63, 3.8) is 0 Å². The van der Waals surface area contributed by atoms with Crippen molar-refractivity contribution < 1.29 is 9.46 Å². The van der Waals surface area contributed by atoms with Crippen LogP contribution in [-0.2, 0) is 10.7 Å². The quantitative estimate of drug-likeness (QED) is 0.674. The Morgan fingerprint density at radius 2 is 2.31 bits per heavy atom. The van der Waals surface area contributed by atoms with Crippen LogP contribution in [-0.4, -0.2) is 16.0 Å². The lowest BCUT2D eigenvalue weighted by molar-refractivity contribution is 0.477. The summed E-state index contributed by atoms with van der Waals surface area (Å²) in [6.07, 6.45) is 0.449. The minimum absolute atomic E-state index is 0.156. The molecule has 72 valence electrons. The Kier molecular flexibility index (Phi) is 3.65. The molecule has 0 radical (unpaired) electrons. The average molecular weight is 264 g/mol. The van der Waals surface area contributed by atoms with Gasteiger partial charge in [0.15, 0.2) is 0 Å². The van der Waals surface area contributed by atoms with Gasteiger partial charge in [-0.3, -0.25) is 4.57 Å². The van der Waals surface area contributed by atoms with Gasteiger partial charge in [0.1, 0.15) is 4.60 Å². The molecule has 13 heavy (non-hydrogen) atoms. The zero-order chi connectivity index (χ0) is 9.90. The summed E-state index contributed by atoms with van der Waals surface area (Å²) in [6, 6.07) is 5.35. The predicted molar refractivity (Wildman–Crippen MR) is 56.0 cm³/mol. The van der Waals surface area contributed by atoms with Crippen LogP contribution < -0.4 is 0 Å². The molecule has 1 aromatic heterocycles. The zero-order valence-corrected chi connectivity index (χ0v) is 9.75. The second-order valence-electron chi connectivity index (χ2n) is 2.77. The maximum absolute atomic E-state index is 11.4. The van der Waals surface area contributed by atoms with Crippen LogP contribution in [0.2, 0.25) is 0 Å². The summed E-state index contributed by atoms with van der Waals surface area (Å²) in [5.74, 6) is 0. The summed E-state index contributed by atoms with van der Waals surface area (Å²) in [7, 11) is -3.00. The van der Waals surface area contributed by atoms with Crippen molar-refractivity contribution in [3.8, 4) is 0 Å². The van der Waals surface area contributed by atoms with E-state index in [9.17, 15) is 9.46 Å². The second-order valence-corrected chi connectivity index (χ2v) is 6.23. The van der Waals surface area contributed by atoms with Crippen LogP contribution in [0.4, 0.5) is 0 Å². The van der Waals surface area contributed by atoms with Gasteiger partial charge in [0.2, 0.25) is 7.37 Å².